The zero-order chi connectivity index (χ0) is 24.0. The van der Waals surface area contributed by atoms with E-state index >= 15 is 0 Å². The first-order valence-electron chi connectivity index (χ1n) is 10.0. The van der Waals surface area contributed by atoms with Gasteiger partial charge in [-0.05, 0) is 47.7 Å². The molecule has 0 radical (unpaired) electrons. The Morgan fingerprint density at radius 3 is 1.91 bits per heavy atom. The van der Waals surface area contributed by atoms with E-state index in [1.165, 1.54) is 0 Å². The van der Waals surface area contributed by atoms with E-state index < -0.39 is 28.6 Å². The van der Waals surface area contributed by atoms with Gasteiger partial charge in [0, 0.05) is 26.5 Å². The lowest BCUT2D eigenvalue weighted by molar-refractivity contribution is 0.156. The zero-order valence-electron chi connectivity index (χ0n) is 17.2. The molecule has 3 aliphatic carbocycles. The number of nitrogens with zero attached hydrogens (tertiary/aromatic N) is 4. The second-order valence-electron chi connectivity index (χ2n) is 8.26. The molecule has 2 aromatic rings. The van der Waals surface area contributed by atoms with Crippen molar-refractivity contribution in [3.05, 3.63) is 79.9 Å². The van der Waals surface area contributed by atoms with Crippen molar-refractivity contribution in [1.29, 1.82) is 26.5 Å². The summed E-state index contributed by atoms with van der Waals surface area (Å²) in [6.07, 6.45) is 0.382. The molecule has 33 heavy (non-hydrogen) atoms. The van der Waals surface area contributed by atoms with Gasteiger partial charge in [0.15, 0.2) is 5.41 Å². The van der Waals surface area contributed by atoms with Crippen molar-refractivity contribution in [2.45, 2.75) is 12.3 Å². The summed E-state index contributed by atoms with van der Waals surface area (Å²) in [6.45, 7) is 0. The first-order chi connectivity index (χ1) is 15.8. The van der Waals surface area contributed by atoms with Crippen LogP contribution in [0.3, 0.4) is 0 Å². The molecule has 0 saturated heterocycles. The Bertz CT molecular complexity index is 1330. The molecule has 4 unspecified atom stereocenters. The topological polar surface area (TPSA) is 145 Å². The Kier molecular flexibility index (Phi) is 5.63. The standard InChI is InChI=1S/C25H16Br2N6/c26-16-5-1-14(2-6-16)9-19-20(15-3-7-17(27)8-4-15)21-18(10-28)22(32)25(19,13-31)23(33)24(21,11-29)12-30/h1-8,19-21,33H,9,32H2. The van der Waals surface area contributed by atoms with E-state index in [0.29, 0.717) is 6.42 Å². The van der Waals surface area contributed by atoms with E-state index in [9.17, 15) is 21.0 Å². The van der Waals surface area contributed by atoms with Crippen molar-refractivity contribution >= 4 is 37.6 Å². The van der Waals surface area contributed by atoms with Crippen LogP contribution in [0.25, 0.3) is 0 Å². The predicted octanol–water partition coefficient (Wildman–Crippen LogP) is 5.10. The van der Waals surface area contributed by atoms with Gasteiger partial charge in [0.1, 0.15) is 5.41 Å². The highest BCUT2D eigenvalue weighted by Crippen LogP contribution is 2.65. The summed E-state index contributed by atoms with van der Waals surface area (Å²) in [4.78, 5) is 0. The first-order valence-corrected chi connectivity index (χ1v) is 11.6. The van der Waals surface area contributed by atoms with Gasteiger partial charge < -0.3 is 11.1 Å². The molecule has 0 heterocycles. The van der Waals surface area contributed by atoms with Crippen molar-refractivity contribution in [2.24, 2.45) is 28.4 Å². The molecule has 6 nitrogen and oxygen atoms in total. The highest BCUT2D eigenvalue weighted by molar-refractivity contribution is 9.10. The van der Waals surface area contributed by atoms with Crippen LogP contribution in [-0.4, -0.2) is 5.71 Å². The molecule has 5 rings (SSSR count). The van der Waals surface area contributed by atoms with Crippen LogP contribution in [0.5, 0.6) is 0 Å². The molecule has 2 bridgehead atoms. The molecule has 0 spiro atoms. The Morgan fingerprint density at radius 1 is 0.879 bits per heavy atom. The number of halogens is 2. The summed E-state index contributed by atoms with van der Waals surface area (Å²) in [7, 11) is 0. The Hall–Kier alpha value is -3.43. The second kappa shape index (κ2) is 8.17. The summed E-state index contributed by atoms with van der Waals surface area (Å²) in [5, 5.41) is 49.8. The molecule has 0 aliphatic heterocycles. The number of rotatable bonds is 3. The van der Waals surface area contributed by atoms with Gasteiger partial charge in [0.2, 0.25) is 0 Å². The fourth-order valence-corrected chi connectivity index (χ4v) is 5.93. The van der Waals surface area contributed by atoms with Crippen LogP contribution in [0.4, 0.5) is 0 Å². The fraction of sp³-hybridized carbons (Fsp3) is 0.240. The van der Waals surface area contributed by atoms with E-state index in [1.807, 2.05) is 60.7 Å². The van der Waals surface area contributed by atoms with Crippen LogP contribution in [0.1, 0.15) is 17.0 Å². The lowest BCUT2D eigenvalue weighted by Gasteiger charge is -2.57. The third-order valence-electron chi connectivity index (χ3n) is 6.90. The van der Waals surface area contributed by atoms with Gasteiger partial charge in [-0.15, -0.1) is 0 Å². The second-order valence-corrected chi connectivity index (χ2v) is 10.1. The lowest BCUT2D eigenvalue weighted by Crippen LogP contribution is -2.64. The largest absolute Gasteiger partial charge is 0.400 e. The van der Waals surface area contributed by atoms with E-state index in [4.69, 9.17) is 11.1 Å². The lowest BCUT2D eigenvalue weighted by atomic mass is 9.40. The number of fused-ring (bicyclic) bond motifs is 2. The molecular weight excluding hydrogens is 544 g/mol. The van der Waals surface area contributed by atoms with Crippen LogP contribution in [0.2, 0.25) is 0 Å². The van der Waals surface area contributed by atoms with Gasteiger partial charge in [-0.1, -0.05) is 56.1 Å². The molecule has 160 valence electrons. The van der Waals surface area contributed by atoms with E-state index in [-0.39, 0.29) is 17.0 Å². The number of hydrogen-bond donors (Lipinski definition) is 2. The molecule has 4 atom stereocenters. The van der Waals surface area contributed by atoms with Crippen LogP contribution in [0.15, 0.2) is 68.7 Å². The Morgan fingerprint density at radius 2 is 1.42 bits per heavy atom. The third-order valence-corrected chi connectivity index (χ3v) is 7.96. The molecule has 0 aromatic heterocycles. The van der Waals surface area contributed by atoms with Crippen molar-refractivity contribution in [3.8, 4) is 24.3 Å². The predicted molar refractivity (Wildman–Crippen MR) is 128 cm³/mol. The summed E-state index contributed by atoms with van der Waals surface area (Å²) in [5.41, 5.74) is 4.13. The van der Waals surface area contributed by atoms with Crippen LogP contribution in [0, 0.1) is 73.4 Å². The minimum Gasteiger partial charge on any atom is -0.400 e. The molecule has 1 saturated carbocycles. The van der Waals surface area contributed by atoms with Crippen molar-refractivity contribution in [1.82, 2.24) is 0 Å². The Balaban J connectivity index is 2.06. The number of nitrogens with two attached hydrogens (primary N) is 1. The van der Waals surface area contributed by atoms with Crippen LogP contribution in [-0.2, 0) is 6.42 Å². The molecule has 8 heteroatoms. The van der Waals surface area contributed by atoms with Gasteiger partial charge in [0.05, 0.1) is 35.6 Å². The summed E-state index contributed by atoms with van der Waals surface area (Å²) in [5.74, 6) is -2.05. The minimum atomic E-state index is -1.96. The number of allylic oxidation sites excluding steroid dienone is 2. The maximum atomic E-state index is 10.5. The molecular formula is C25H16Br2N6. The highest BCUT2D eigenvalue weighted by Gasteiger charge is 2.71. The summed E-state index contributed by atoms with van der Waals surface area (Å²) in [6, 6.07) is 23.3. The average molecular weight is 560 g/mol. The van der Waals surface area contributed by atoms with Crippen molar-refractivity contribution in [2.75, 3.05) is 0 Å². The zero-order valence-corrected chi connectivity index (χ0v) is 20.4. The summed E-state index contributed by atoms with van der Waals surface area (Å²) < 4.78 is 1.75. The van der Waals surface area contributed by atoms with Crippen LogP contribution < -0.4 is 5.73 Å². The van der Waals surface area contributed by atoms with E-state index in [0.717, 1.165) is 20.1 Å². The van der Waals surface area contributed by atoms with Gasteiger partial charge in [-0.3, -0.25) is 0 Å². The van der Waals surface area contributed by atoms with Gasteiger partial charge in [0.25, 0.3) is 0 Å². The number of benzene rings is 2. The maximum Gasteiger partial charge on any atom is 0.190 e. The molecule has 2 aromatic carbocycles. The monoisotopic (exact) mass is 558 g/mol. The first kappa shape index (κ1) is 22.8. The van der Waals surface area contributed by atoms with E-state index in [1.54, 1.807) is 0 Å². The third kappa shape index (κ3) is 3.03. The van der Waals surface area contributed by atoms with Gasteiger partial charge in [-0.25, -0.2) is 0 Å². The maximum absolute atomic E-state index is 10.5. The summed E-state index contributed by atoms with van der Waals surface area (Å²) >= 11 is 6.85. The number of hydrogen-bond acceptors (Lipinski definition) is 6. The molecule has 1 fully saturated rings. The minimum absolute atomic E-state index is 0.0147. The number of nitriles is 4. The fourth-order valence-electron chi connectivity index (χ4n) is 5.40. The van der Waals surface area contributed by atoms with Crippen molar-refractivity contribution < 1.29 is 0 Å². The SMILES string of the molecule is N#CC1=C(N)C2(C#N)C(=N)C(C#N)(C#N)C1C(c1ccc(Br)cc1)C2Cc1ccc(Br)cc1. The molecule has 0 amide bonds. The molecule has 3 N–H and O–H groups in total. The van der Waals surface area contributed by atoms with Gasteiger partial charge >= 0.3 is 0 Å². The Labute approximate surface area is 208 Å². The number of nitrogens with one attached hydrogen (secondary N) is 1. The van der Waals surface area contributed by atoms with Gasteiger partial charge in [-0.2, -0.15) is 21.0 Å². The highest BCUT2D eigenvalue weighted by atomic mass is 79.9. The smallest absolute Gasteiger partial charge is 0.190 e. The van der Waals surface area contributed by atoms with E-state index in [2.05, 4.69) is 44.0 Å². The normalized spacial score (nSPS) is 27.2. The quantitative estimate of drug-likeness (QED) is 0.537. The average Bonchev–Trinajstić information content (AvgIpc) is 2.82. The molecule has 3 aliphatic rings. The van der Waals surface area contributed by atoms with Crippen molar-refractivity contribution in [3.63, 3.8) is 0 Å². The van der Waals surface area contributed by atoms with Crippen LogP contribution >= 0.6 is 31.9 Å².